The first kappa shape index (κ1) is 8.78. The van der Waals surface area contributed by atoms with Crippen molar-refractivity contribution in [2.75, 3.05) is 7.11 Å². The summed E-state index contributed by atoms with van der Waals surface area (Å²) in [5.41, 5.74) is 1.21. The number of rotatable bonds is 2. The van der Waals surface area contributed by atoms with E-state index in [2.05, 4.69) is 6.58 Å². The molecule has 0 N–H and O–H groups in total. The van der Waals surface area contributed by atoms with Crippen LogP contribution < -0.4 is 4.74 Å². The summed E-state index contributed by atoms with van der Waals surface area (Å²) in [6.07, 6.45) is 0. The quantitative estimate of drug-likeness (QED) is 0.654. The number of allylic oxidation sites excluding steroid dienone is 1. The van der Waals surface area contributed by atoms with Gasteiger partial charge in [-0.05, 0) is 30.7 Å². The van der Waals surface area contributed by atoms with Crippen molar-refractivity contribution in [2.24, 2.45) is 0 Å². The van der Waals surface area contributed by atoms with Gasteiger partial charge >= 0.3 is 0 Å². The van der Waals surface area contributed by atoms with Crippen molar-refractivity contribution < 1.29 is 9.13 Å². The number of methoxy groups -OCH3 is 1. The molecule has 0 heterocycles. The average Bonchev–Trinajstić information content (AvgIpc) is 2.05. The number of halogens is 1. The lowest BCUT2D eigenvalue weighted by atomic mass is 10.1. The maximum atomic E-state index is 13.0. The van der Waals surface area contributed by atoms with Crippen LogP contribution in [0.4, 0.5) is 4.39 Å². The van der Waals surface area contributed by atoms with Gasteiger partial charge in [-0.3, -0.25) is 0 Å². The van der Waals surface area contributed by atoms with Gasteiger partial charge in [0.15, 0.2) is 0 Å². The van der Waals surface area contributed by atoms with Gasteiger partial charge in [0.05, 0.1) is 7.11 Å². The molecular weight excluding hydrogens is 154 g/mol. The average molecular weight is 165 g/mol. The molecule has 0 aliphatic heterocycles. The molecular formula is C10H11FO. The summed E-state index contributed by atoms with van der Waals surface area (Å²) in [4.78, 5) is 0. The Morgan fingerprint density at radius 1 is 1.50 bits per heavy atom. The summed E-state index contributed by atoms with van der Waals surface area (Å²) in [6, 6.07) is 4.60. The van der Waals surface area contributed by atoms with E-state index in [1.165, 1.54) is 6.07 Å². The summed E-state index contributed by atoms with van der Waals surface area (Å²) in [6.45, 7) is 5.43. The number of ether oxygens (including phenoxy) is 1. The lowest BCUT2D eigenvalue weighted by molar-refractivity contribution is 0.413. The molecule has 1 rings (SSSR count). The van der Waals surface area contributed by atoms with E-state index < -0.39 is 0 Å². The molecule has 0 fully saturated rings. The molecule has 0 saturated heterocycles. The predicted molar refractivity (Wildman–Crippen MR) is 47.7 cm³/mol. The van der Waals surface area contributed by atoms with Crippen molar-refractivity contribution in [2.45, 2.75) is 6.92 Å². The molecule has 0 unspecified atom stereocenters. The first-order valence-electron chi connectivity index (χ1n) is 3.64. The fourth-order valence-electron chi connectivity index (χ4n) is 0.958. The van der Waals surface area contributed by atoms with Crippen LogP contribution in [0.15, 0.2) is 24.8 Å². The van der Waals surface area contributed by atoms with Crippen molar-refractivity contribution in [3.05, 3.63) is 36.2 Å². The third-order valence-corrected chi connectivity index (χ3v) is 1.63. The van der Waals surface area contributed by atoms with E-state index in [4.69, 9.17) is 4.74 Å². The number of hydrogen-bond acceptors (Lipinski definition) is 1. The van der Waals surface area contributed by atoms with Crippen molar-refractivity contribution in [1.29, 1.82) is 0 Å². The fraction of sp³-hybridized carbons (Fsp3) is 0.200. The molecule has 0 spiro atoms. The van der Waals surface area contributed by atoms with Crippen molar-refractivity contribution in [3.8, 4) is 5.75 Å². The van der Waals surface area contributed by atoms with Crippen molar-refractivity contribution in [1.82, 2.24) is 0 Å². The molecule has 0 bridgehead atoms. The van der Waals surface area contributed by atoms with Crippen LogP contribution in [0.3, 0.4) is 0 Å². The van der Waals surface area contributed by atoms with Crippen LogP contribution in [0.5, 0.6) is 5.75 Å². The van der Waals surface area contributed by atoms with Gasteiger partial charge < -0.3 is 4.74 Å². The van der Waals surface area contributed by atoms with Gasteiger partial charge in [-0.1, -0.05) is 6.58 Å². The Kier molecular flexibility index (Phi) is 2.48. The Hall–Kier alpha value is -1.31. The zero-order valence-electron chi connectivity index (χ0n) is 7.23. The highest BCUT2D eigenvalue weighted by Gasteiger charge is 2.03. The molecule has 0 radical (unpaired) electrons. The Morgan fingerprint density at radius 3 is 2.67 bits per heavy atom. The summed E-state index contributed by atoms with van der Waals surface area (Å²) >= 11 is 0. The zero-order valence-corrected chi connectivity index (χ0v) is 7.23. The summed E-state index contributed by atoms with van der Waals surface area (Å²) in [5.74, 6) is 0.387. The molecule has 0 aliphatic rings. The molecule has 2 heteroatoms. The van der Waals surface area contributed by atoms with Gasteiger partial charge in [-0.25, -0.2) is 4.39 Å². The largest absolute Gasteiger partial charge is 0.497 e. The molecule has 0 atom stereocenters. The van der Waals surface area contributed by atoms with Crippen LogP contribution in [0, 0.1) is 5.82 Å². The maximum Gasteiger partial charge on any atom is 0.130 e. The Morgan fingerprint density at radius 2 is 2.17 bits per heavy atom. The van der Waals surface area contributed by atoms with Gasteiger partial charge in [-0.2, -0.15) is 0 Å². The van der Waals surface area contributed by atoms with Gasteiger partial charge in [0.1, 0.15) is 11.6 Å². The summed E-state index contributed by atoms with van der Waals surface area (Å²) < 4.78 is 18.0. The van der Waals surface area contributed by atoms with E-state index >= 15 is 0 Å². The minimum atomic E-state index is -0.261. The highest BCUT2D eigenvalue weighted by molar-refractivity contribution is 5.63. The Labute approximate surface area is 71.5 Å². The van der Waals surface area contributed by atoms with E-state index in [0.717, 1.165) is 0 Å². The normalized spacial score (nSPS) is 9.58. The van der Waals surface area contributed by atoms with Crippen LogP contribution in [-0.4, -0.2) is 7.11 Å². The van der Waals surface area contributed by atoms with Crippen LogP contribution >= 0.6 is 0 Å². The lowest BCUT2D eigenvalue weighted by Gasteiger charge is -2.04. The maximum absolute atomic E-state index is 13.0. The van der Waals surface area contributed by atoms with Crippen LogP contribution in [0.25, 0.3) is 5.57 Å². The molecule has 64 valence electrons. The molecule has 1 aromatic rings. The second-order valence-corrected chi connectivity index (χ2v) is 2.63. The van der Waals surface area contributed by atoms with Crippen LogP contribution in [0.2, 0.25) is 0 Å². The highest BCUT2D eigenvalue weighted by Crippen LogP contribution is 2.21. The molecule has 0 aliphatic carbocycles. The molecule has 0 aromatic heterocycles. The van der Waals surface area contributed by atoms with Gasteiger partial charge in [-0.15, -0.1) is 0 Å². The first-order valence-corrected chi connectivity index (χ1v) is 3.64. The Bertz CT molecular complexity index is 305. The van der Waals surface area contributed by atoms with Crippen molar-refractivity contribution in [3.63, 3.8) is 0 Å². The molecule has 0 amide bonds. The second-order valence-electron chi connectivity index (χ2n) is 2.63. The molecule has 0 saturated carbocycles. The van der Waals surface area contributed by atoms with Gasteiger partial charge in [0.2, 0.25) is 0 Å². The summed E-state index contributed by atoms with van der Waals surface area (Å²) in [7, 11) is 1.55. The standard InChI is InChI=1S/C10H11FO/c1-7(2)9-6-8(12-3)4-5-10(9)11/h4-6H,1H2,2-3H3/i11-1. The zero-order chi connectivity index (χ0) is 9.14. The van der Waals surface area contributed by atoms with Crippen LogP contribution in [0.1, 0.15) is 12.5 Å². The first-order chi connectivity index (χ1) is 5.65. The van der Waals surface area contributed by atoms with E-state index in [9.17, 15) is 4.39 Å². The van der Waals surface area contributed by atoms with E-state index in [1.807, 2.05) is 0 Å². The van der Waals surface area contributed by atoms with Crippen LogP contribution in [-0.2, 0) is 0 Å². The topological polar surface area (TPSA) is 9.23 Å². The predicted octanol–water partition coefficient (Wildman–Crippen LogP) is 2.87. The third-order valence-electron chi connectivity index (χ3n) is 1.63. The number of hydrogen-bond donors (Lipinski definition) is 0. The highest BCUT2D eigenvalue weighted by atomic mass is 18.2. The van der Waals surface area contributed by atoms with E-state index in [1.54, 1.807) is 26.2 Å². The fourth-order valence-corrected chi connectivity index (χ4v) is 0.958. The minimum absolute atomic E-state index is 0.261. The minimum Gasteiger partial charge on any atom is -0.497 e. The van der Waals surface area contributed by atoms with Gasteiger partial charge in [0.25, 0.3) is 0 Å². The second kappa shape index (κ2) is 3.39. The molecule has 1 nitrogen and oxygen atoms in total. The monoisotopic (exact) mass is 165 g/mol. The molecule has 12 heavy (non-hydrogen) atoms. The van der Waals surface area contributed by atoms with Crippen molar-refractivity contribution >= 4 is 5.57 Å². The van der Waals surface area contributed by atoms with E-state index in [-0.39, 0.29) is 5.82 Å². The third kappa shape index (κ3) is 1.64. The molecule has 1 aromatic carbocycles. The number of benzene rings is 1. The van der Waals surface area contributed by atoms with E-state index in [0.29, 0.717) is 16.9 Å². The van der Waals surface area contributed by atoms with Gasteiger partial charge in [0, 0.05) is 5.56 Å². The lowest BCUT2D eigenvalue weighted by Crippen LogP contribution is -1.88. The smallest absolute Gasteiger partial charge is 0.130 e. The SMILES string of the molecule is C=C(C)c1cc(OC)ccc1[18F]. The Balaban J connectivity index is 3.17. The summed E-state index contributed by atoms with van der Waals surface area (Å²) in [5, 5.41) is 0.